The van der Waals surface area contributed by atoms with Crippen LogP contribution in [0.5, 0.6) is 0 Å². The Balaban J connectivity index is 1.97. The van der Waals surface area contributed by atoms with Crippen LogP contribution in [0.25, 0.3) is 0 Å². The molecule has 2 atom stereocenters. The molecule has 0 radical (unpaired) electrons. The number of nitrogens with zero attached hydrogens (tertiary/aromatic N) is 1. The number of nitrogens with one attached hydrogen (secondary N) is 2. The highest BCUT2D eigenvalue weighted by atomic mass is 16.3. The van der Waals surface area contributed by atoms with Crippen molar-refractivity contribution < 1.29 is 19.5 Å². The number of amides is 2. The van der Waals surface area contributed by atoms with E-state index in [9.17, 15) is 14.4 Å². The number of carbonyl (C=O) groups is 3. The Kier molecular flexibility index (Phi) is 14.0. The third-order valence-electron chi connectivity index (χ3n) is 6.69. The second-order valence-electron chi connectivity index (χ2n) is 9.90. The molecule has 0 heterocycles. The van der Waals surface area contributed by atoms with Gasteiger partial charge in [0.2, 0.25) is 11.8 Å². The second kappa shape index (κ2) is 17.2. The van der Waals surface area contributed by atoms with E-state index in [1.807, 2.05) is 12.1 Å². The molecule has 2 rings (SSSR count). The van der Waals surface area contributed by atoms with Gasteiger partial charge in [-0.1, -0.05) is 50.0 Å². The quantitative estimate of drug-likeness (QED) is 0.141. The Morgan fingerprint density at radius 2 is 1.51 bits per heavy atom. The van der Waals surface area contributed by atoms with Gasteiger partial charge in [0, 0.05) is 42.8 Å². The van der Waals surface area contributed by atoms with Gasteiger partial charge in [0.05, 0.1) is 0 Å². The molecule has 0 aliphatic heterocycles. The van der Waals surface area contributed by atoms with Crippen LogP contribution in [-0.2, 0) is 16.0 Å². The standard InChI is InChI=1S/C32H43N3O4/c1-5-21-35(4)22-7-6-9-25-10-12-26(13-11-25)14-15-27-16-18-28(19-17-27)30(37)24(2)29(31(38)33-3)32(39)34-20-8-23-36/h10-13,16-19,24,29,36H,5-9,20-23H2,1-4H3,(H,33,38)(H,34,39)/t24?,29-/m0/s1. The molecule has 7 nitrogen and oxygen atoms in total. The average Bonchev–Trinajstić information content (AvgIpc) is 2.95. The highest BCUT2D eigenvalue weighted by Gasteiger charge is 2.35. The van der Waals surface area contributed by atoms with Gasteiger partial charge in [0.25, 0.3) is 0 Å². The number of aryl methyl sites for hydroxylation is 1. The maximum Gasteiger partial charge on any atom is 0.233 e. The number of benzene rings is 2. The Morgan fingerprint density at radius 1 is 0.897 bits per heavy atom. The molecule has 7 heteroatoms. The Bertz CT molecular complexity index is 1120. The summed E-state index contributed by atoms with van der Waals surface area (Å²) in [6.45, 7) is 6.23. The normalized spacial score (nSPS) is 12.3. The van der Waals surface area contributed by atoms with Gasteiger partial charge in [-0.25, -0.2) is 0 Å². The van der Waals surface area contributed by atoms with Crippen molar-refractivity contribution in [3.63, 3.8) is 0 Å². The second-order valence-corrected chi connectivity index (χ2v) is 9.90. The number of aliphatic hydroxyl groups excluding tert-OH is 1. The fourth-order valence-corrected chi connectivity index (χ4v) is 4.36. The van der Waals surface area contributed by atoms with Crippen molar-refractivity contribution >= 4 is 17.6 Å². The highest BCUT2D eigenvalue weighted by molar-refractivity contribution is 6.08. The molecule has 1 unspecified atom stereocenters. The van der Waals surface area contributed by atoms with Gasteiger partial charge in [-0.2, -0.15) is 0 Å². The molecule has 3 N–H and O–H groups in total. The third kappa shape index (κ3) is 10.7. The number of Topliss-reactive ketones (excluding diaryl/α,β-unsaturated/α-hetero) is 1. The zero-order valence-electron chi connectivity index (χ0n) is 23.8. The first-order valence-electron chi connectivity index (χ1n) is 13.8. The van der Waals surface area contributed by atoms with Crippen LogP contribution >= 0.6 is 0 Å². The van der Waals surface area contributed by atoms with Crippen LogP contribution in [0, 0.1) is 23.7 Å². The van der Waals surface area contributed by atoms with Gasteiger partial charge in [-0.05, 0) is 82.1 Å². The molecule has 39 heavy (non-hydrogen) atoms. The van der Waals surface area contributed by atoms with Gasteiger partial charge in [-0.15, -0.1) is 0 Å². The van der Waals surface area contributed by atoms with E-state index in [4.69, 9.17) is 5.11 Å². The van der Waals surface area contributed by atoms with E-state index >= 15 is 0 Å². The number of aliphatic hydroxyl groups is 1. The van der Waals surface area contributed by atoms with E-state index in [0.29, 0.717) is 12.0 Å². The lowest BCUT2D eigenvalue weighted by Crippen LogP contribution is -2.45. The van der Waals surface area contributed by atoms with Crippen LogP contribution in [0.4, 0.5) is 0 Å². The minimum Gasteiger partial charge on any atom is -0.396 e. The van der Waals surface area contributed by atoms with Crippen molar-refractivity contribution in [3.05, 3.63) is 70.8 Å². The lowest BCUT2D eigenvalue weighted by atomic mass is 9.85. The summed E-state index contributed by atoms with van der Waals surface area (Å²) in [5.74, 6) is 2.94. The van der Waals surface area contributed by atoms with Crippen molar-refractivity contribution in [2.45, 2.75) is 46.0 Å². The molecular formula is C32H43N3O4. The topological polar surface area (TPSA) is 98.7 Å². The smallest absolute Gasteiger partial charge is 0.233 e. The predicted octanol–water partition coefficient (Wildman–Crippen LogP) is 3.43. The molecule has 0 fully saturated rings. The lowest BCUT2D eigenvalue weighted by molar-refractivity contribution is -0.136. The monoisotopic (exact) mass is 533 g/mol. The number of rotatable bonds is 15. The minimum absolute atomic E-state index is 0.0720. The maximum atomic E-state index is 13.1. The van der Waals surface area contributed by atoms with E-state index in [2.05, 4.69) is 53.5 Å². The van der Waals surface area contributed by atoms with Gasteiger partial charge in [0.15, 0.2) is 5.78 Å². The van der Waals surface area contributed by atoms with Crippen LogP contribution in [-0.4, -0.2) is 67.9 Å². The zero-order valence-corrected chi connectivity index (χ0v) is 23.8. The molecule has 0 spiro atoms. The van der Waals surface area contributed by atoms with Crippen LogP contribution in [0.1, 0.15) is 66.6 Å². The largest absolute Gasteiger partial charge is 0.396 e. The summed E-state index contributed by atoms with van der Waals surface area (Å²) in [6, 6.07) is 15.2. The van der Waals surface area contributed by atoms with Crippen molar-refractivity contribution in [2.75, 3.05) is 40.3 Å². The first-order valence-corrected chi connectivity index (χ1v) is 13.8. The summed E-state index contributed by atoms with van der Waals surface area (Å²) >= 11 is 0. The molecule has 0 aliphatic carbocycles. The summed E-state index contributed by atoms with van der Waals surface area (Å²) in [7, 11) is 3.61. The van der Waals surface area contributed by atoms with E-state index in [0.717, 1.165) is 30.6 Å². The number of hydrogen-bond acceptors (Lipinski definition) is 5. The highest BCUT2D eigenvalue weighted by Crippen LogP contribution is 2.19. The van der Waals surface area contributed by atoms with E-state index in [1.54, 1.807) is 31.2 Å². The molecule has 0 aromatic heterocycles. The SMILES string of the molecule is CCCN(C)CCCCc1ccc(C#Cc2ccc(C(=O)C(C)[C@@H](C(=O)NC)C(=O)NCCCO)cc2)cc1. The average molecular weight is 534 g/mol. The minimum atomic E-state index is -1.16. The van der Waals surface area contributed by atoms with Crippen molar-refractivity contribution in [3.8, 4) is 11.8 Å². The van der Waals surface area contributed by atoms with Crippen molar-refractivity contribution in [1.82, 2.24) is 15.5 Å². The summed E-state index contributed by atoms with van der Waals surface area (Å²) in [6.07, 6.45) is 4.99. The van der Waals surface area contributed by atoms with Crippen LogP contribution < -0.4 is 10.6 Å². The van der Waals surface area contributed by atoms with E-state index in [-0.39, 0.29) is 18.9 Å². The molecule has 0 aliphatic rings. The molecule has 0 saturated carbocycles. The fraction of sp³-hybridized carbons (Fsp3) is 0.469. The summed E-state index contributed by atoms with van der Waals surface area (Å²) < 4.78 is 0. The molecule has 210 valence electrons. The van der Waals surface area contributed by atoms with Crippen LogP contribution in [0.2, 0.25) is 0 Å². The first-order chi connectivity index (χ1) is 18.8. The Hall–Kier alpha value is -3.47. The molecule has 0 bridgehead atoms. The predicted molar refractivity (Wildman–Crippen MR) is 155 cm³/mol. The fourth-order valence-electron chi connectivity index (χ4n) is 4.36. The molecule has 0 saturated heterocycles. The number of carbonyl (C=O) groups excluding carboxylic acids is 3. The Morgan fingerprint density at radius 3 is 2.08 bits per heavy atom. The summed E-state index contributed by atoms with van der Waals surface area (Å²) in [5, 5.41) is 14.0. The van der Waals surface area contributed by atoms with Gasteiger partial charge >= 0.3 is 0 Å². The molecular weight excluding hydrogens is 490 g/mol. The third-order valence-corrected chi connectivity index (χ3v) is 6.69. The van der Waals surface area contributed by atoms with Gasteiger partial charge in [0.1, 0.15) is 5.92 Å². The number of ketones is 1. The van der Waals surface area contributed by atoms with E-state index < -0.39 is 23.7 Å². The van der Waals surface area contributed by atoms with Crippen molar-refractivity contribution in [2.24, 2.45) is 11.8 Å². The molecule has 2 aromatic carbocycles. The van der Waals surface area contributed by atoms with Gasteiger partial charge < -0.3 is 20.6 Å². The number of hydrogen-bond donors (Lipinski definition) is 3. The zero-order chi connectivity index (χ0) is 28.6. The lowest BCUT2D eigenvalue weighted by Gasteiger charge is -2.21. The molecule has 2 amide bonds. The number of unbranched alkanes of at least 4 members (excludes halogenated alkanes) is 1. The summed E-state index contributed by atoms with van der Waals surface area (Å²) in [4.78, 5) is 40.4. The van der Waals surface area contributed by atoms with Crippen LogP contribution in [0.3, 0.4) is 0 Å². The van der Waals surface area contributed by atoms with Gasteiger partial charge in [-0.3, -0.25) is 14.4 Å². The Labute approximate surface area is 233 Å². The van der Waals surface area contributed by atoms with Crippen molar-refractivity contribution in [1.29, 1.82) is 0 Å². The maximum absolute atomic E-state index is 13.1. The van der Waals surface area contributed by atoms with E-state index in [1.165, 1.54) is 31.9 Å². The molecule has 2 aromatic rings. The summed E-state index contributed by atoms with van der Waals surface area (Å²) in [5.41, 5.74) is 3.42. The first kappa shape index (κ1) is 31.7. The van der Waals surface area contributed by atoms with Crippen LogP contribution in [0.15, 0.2) is 48.5 Å².